The highest BCUT2D eigenvalue weighted by Crippen LogP contribution is 2.13. The Morgan fingerprint density at radius 3 is 2.64 bits per heavy atom. The van der Waals surface area contributed by atoms with Crippen molar-refractivity contribution in [2.75, 3.05) is 18.9 Å². The number of hydrogen-bond donors (Lipinski definition) is 2. The van der Waals surface area contributed by atoms with Crippen LogP contribution in [0.4, 0.5) is 10.5 Å². The van der Waals surface area contributed by atoms with E-state index in [0.29, 0.717) is 12.2 Å². The molecule has 25 heavy (non-hydrogen) atoms. The zero-order valence-electron chi connectivity index (χ0n) is 14.4. The SMILES string of the molecule is Cc1n[nH]c(C)c1CCN(C)C(=O)Nc1ccc(-n2cnnn2)cc1. The first kappa shape index (κ1) is 16.6. The Bertz CT molecular complexity index is 818. The van der Waals surface area contributed by atoms with Crippen LogP contribution in [0.25, 0.3) is 5.69 Å². The van der Waals surface area contributed by atoms with E-state index >= 15 is 0 Å². The second kappa shape index (κ2) is 7.12. The first-order chi connectivity index (χ1) is 12.0. The molecular weight excluding hydrogens is 320 g/mol. The van der Waals surface area contributed by atoms with Crippen LogP contribution < -0.4 is 5.32 Å². The lowest BCUT2D eigenvalue weighted by molar-refractivity contribution is 0.223. The summed E-state index contributed by atoms with van der Waals surface area (Å²) in [5, 5.41) is 21.0. The average Bonchev–Trinajstić information content (AvgIpc) is 3.24. The number of H-pyrrole nitrogens is 1. The van der Waals surface area contributed by atoms with Crippen molar-refractivity contribution in [1.29, 1.82) is 0 Å². The van der Waals surface area contributed by atoms with Gasteiger partial charge in [0.1, 0.15) is 6.33 Å². The third-order valence-electron chi connectivity index (χ3n) is 4.06. The first-order valence-electron chi connectivity index (χ1n) is 7.90. The number of carbonyl (C=O) groups excluding carboxylic acids is 1. The first-order valence-corrected chi connectivity index (χ1v) is 7.90. The summed E-state index contributed by atoms with van der Waals surface area (Å²) in [6.45, 7) is 4.56. The Morgan fingerprint density at radius 2 is 2.04 bits per heavy atom. The van der Waals surface area contributed by atoms with Crippen LogP contribution in [-0.4, -0.2) is 54.9 Å². The van der Waals surface area contributed by atoms with Crippen LogP contribution in [0.5, 0.6) is 0 Å². The zero-order chi connectivity index (χ0) is 17.8. The van der Waals surface area contributed by atoms with Crippen molar-refractivity contribution in [2.45, 2.75) is 20.3 Å². The van der Waals surface area contributed by atoms with E-state index in [-0.39, 0.29) is 6.03 Å². The van der Waals surface area contributed by atoms with E-state index in [1.54, 1.807) is 16.6 Å². The molecule has 1 aromatic carbocycles. The summed E-state index contributed by atoms with van der Waals surface area (Å²) in [6.07, 6.45) is 2.28. The van der Waals surface area contributed by atoms with E-state index in [1.165, 1.54) is 6.33 Å². The molecule has 2 amide bonds. The van der Waals surface area contributed by atoms with Crippen LogP contribution in [0.15, 0.2) is 30.6 Å². The molecule has 0 unspecified atom stereocenters. The maximum absolute atomic E-state index is 12.3. The van der Waals surface area contributed by atoms with Crippen LogP contribution in [0.2, 0.25) is 0 Å². The Balaban J connectivity index is 1.56. The molecule has 9 nitrogen and oxygen atoms in total. The van der Waals surface area contributed by atoms with Crippen LogP contribution >= 0.6 is 0 Å². The predicted molar refractivity (Wildman–Crippen MR) is 92.6 cm³/mol. The van der Waals surface area contributed by atoms with Gasteiger partial charge < -0.3 is 10.2 Å². The number of anilines is 1. The summed E-state index contributed by atoms with van der Waals surface area (Å²) in [6, 6.07) is 7.14. The minimum Gasteiger partial charge on any atom is -0.327 e. The van der Waals surface area contributed by atoms with Gasteiger partial charge in [0.05, 0.1) is 11.4 Å². The molecule has 130 valence electrons. The molecule has 2 aromatic heterocycles. The molecule has 0 bridgehead atoms. The smallest absolute Gasteiger partial charge is 0.321 e. The number of urea groups is 1. The maximum Gasteiger partial charge on any atom is 0.321 e. The molecule has 0 saturated heterocycles. The highest BCUT2D eigenvalue weighted by atomic mass is 16.2. The number of likely N-dealkylation sites (N-methyl/N-ethyl adjacent to an activating group) is 1. The van der Waals surface area contributed by atoms with Gasteiger partial charge in [-0.1, -0.05) is 0 Å². The summed E-state index contributed by atoms with van der Waals surface area (Å²) in [7, 11) is 1.77. The van der Waals surface area contributed by atoms with Gasteiger partial charge in [0.25, 0.3) is 0 Å². The monoisotopic (exact) mass is 340 g/mol. The minimum absolute atomic E-state index is 0.158. The quantitative estimate of drug-likeness (QED) is 0.736. The van der Waals surface area contributed by atoms with E-state index in [4.69, 9.17) is 0 Å². The standard InChI is InChI=1S/C16H20N8O/c1-11-15(12(2)20-19-11)8-9-23(3)16(25)18-13-4-6-14(7-5-13)24-10-17-21-22-24/h4-7,10H,8-9H2,1-3H3,(H,18,25)(H,19,20). The number of nitrogens with zero attached hydrogens (tertiary/aromatic N) is 6. The molecule has 0 aliphatic heterocycles. The number of nitrogens with one attached hydrogen (secondary N) is 2. The molecule has 2 N–H and O–H groups in total. The molecule has 0 fully saturated rings. The lowest BCUT2D eigenvalue weighted by Gasteiger charge is -2.18. The van der Waals surface area contributed by atoms with Gasteiger partial charge in [0.15, 0.2) is 0 Å². The molecule has 2 heterocycles. The van der Waals surface area contributed by atoms with Crippen molar-refractivity contribution in [3.8, 4) is 5.69 Å². The van der Waals surface area contributed by atoms with E-state index in [0.717, 1.165) is 29.1 Å². The topological polar surface area (TPSA) is 105 Å². The summed E-state index contributed by atoms with van der Waals surface area (Å²) in [5.74, 6) is 0. The largest absolute Gasteiger partial charge is 0.327 e. The Labute approximate surface area is 145 Å². The highest BCUT2D eigenvalue weighted by Gasteiger charge is 2.12. The Kier molecular flexibility index (Phi) is 4.73. The fourth-order valence-corrected chi connectivity index (χ4v) is 2.52. The third kappa shape index (κ3) is 3.82. The highest BCUT2D eigenvalue weighted by molar-refractivity contribution is 5.89. The van der Waals surface area contributed by atoms with E-state index in [1.807, 2.05) is 38.1 Å². The number of rotatable bonds is 5. The number of hydrogen-bond acceptors (Lipinski definition) is 5. The Hall–Kier alpha value is -3.23. The molecule has 0 saturated carbocycles. The average molecular weight is 340 g/mol. The van der Waals surface area contributed by atoms with Gasteiger partial charge in [-0.05, 0) is 60.5 Å². The van der Waals surface area contributed by atoms with Crippen LogP contribution in [0.1, 0.15) is 17.0 Å². The third-order valence-corrected chi connectivity index (χ3v) is 4.06. The van der Waals surface area contributed by atoms with Gasteiger partial charge in [-0.25, -0.2) is 9.48 Å². The van der Waals surface area contributed by atoms with Crippen LogP contribution in [-0.2, 0) is 6.42 Å². The summed E-state index contributed by atoms with van der Waals surface area (Å²) < 4.78 is 1.55. The predicted octanol–water partition coefficient (Wildman–Crippen LogP) is 1.71. The lowest BCUT2D eigenvalue weighted by atomic mass is 10.1. The summed E-state index contributed by atoms with van der Waals surface area (Å²) in [5.41, 5.74) is 4.71. The van der Waals surface area contributed by atoms with E-state index in [9.17, 15) is 4.79 Å². The summed E-state index contributed by atoms with van der Waals surface area (Å²) >= 11 is 0. The van der Waals surface area contributed by atoms with Gasteiger partial charge in [-0.2, -0.15) is 5.10 Å². The second-order valence-electron chi connectivity index (χ2n) is 5.82. The van der Waals surface area contributed by atoms with Crippen molar-refractivity contribution in [1.82, 2.24) is 35.3 Å². The van der Waals surface area contributed by atoms with Crippen molar-refractivity contribution in [3.63, 3.8) is 0 Å². The normalized spacial score (nSPS) is 10.7. The van der Waals surface area contributed by atoms with Crippen LogP contribution in [0.3, 0.4) is 0 Å². The molecular formula is C16H20N8O. The number of aromatic amines is 1. The second-order valence-corrected chi connectivity index (χ2v) is 5.82. The molecule has 0 radical (unpaired) electrons. The van der Waals surface area contributed by atoms with Crippen molar-refractivity contribution in [3.05, 3.63) is 47.5 Å². The number of aryl methyl sites for hydroxylation is 2. The zero-order valence-corrected chi connectivity index (χ0v) is 14.4. The van der Waals surface area contributed by atoms with Gasteiger partial charge in [0, 0.05) is 25.0 Å². The number of aromatic nitrogens is 6. The van der Waals surface area contributed by atoms with Gasteiger partial charge in [0.2, 0.25) is 0 Å². The molecule has 0 spiro atoms. The van der Waals surface area contributed by atoms with Crippen LogP contribution in [0, 0.1) is 13.8 Å². The number of benzene rings is 1. The molecule has 3 rings (SSSR count). The van der Waals surface area contributed by atoms with E-state index < -0.39 is 0 Å². The maximum atomic E-state index is 12.3. The van der Waals surface area contributed by atoms with Crippen molar-refractivity contribution < 1.29 is 4.79 Å². The fraction of sp³-hybridized carbons (Fsp3) is 0.312. The number of carbonyl (C=O) groups is 1. The van der Waals surface area contributed by atoms with E-state index in [2.05, 4.69) is 31.0 Å². The van der Waals surface area contributed by atoms with Crippen molar-refractivity contribution in [2.24, 2.45) is 0 Å². The van der Waals surface area contributed by atoms with Gasteiger partial charge in [-0.15, -0.1) is 5.10 Å². The number of tetrazole rings is 1. The fourth-order valence-electron chi connectivity index (χ4n) is 2.52. The molecule has 0 aliphatic rings. The molecule has 3 aromatic rings. The molecule has 9 heteroatoms. The lowest BCUT2D eigenvalue weighted by Crippen LogP contribution is -2.33. The molecule has 0 atom stereocenters. The summed E-state index contributed by atoms with van der Waals surface area (Å²) in [4.78, 5) is 14.0. The Morgan fingerprint density at radius 1 is 1.28 bits per heavy atom. The molecule has 0 aliphatic carbocycles. The van der Waals surface area contributed by atoms with Crippen molar-refractivity contribution >= 4 is 11.7 Å². The minimum atomic E-state index is -0.158. The van der Waals surface area contributed by atoms with Gasteiger partial charge >= 0.3 is 6.03 Å². The number of amides is 2. The van der Waals surface area contributed by atoms with Gasteiger partial charge in [-0.3, -0.25) is 5.10 Å².